The van der Waals surface area contributed by atoms with E-state index in [0.29, 0.717) is 16.0 Å². The Morgan fingerprint density at radius 3 is 2.56 bits per heavy atom. The number of carbonyl (C=O) groups excluding carboxylic acids is 1. The van der Waals surface area contributed by atoms with Crippen LogP contribution in [0.25, 0.3) is 0 Å². The second kappa shape index (κ2) is 4.62. The van der Waals surface area contributed by atoms with Crippen LogP contribution in [-0.4, -0.2) is 10.9 Å². The molecule has 0 aliphatic carbocycles. The lowest BCUT2D eigenvalue weighted by molar-refractivity contribution is -0.123. The van der Waals surface area contributed by atoms with Crippen molar-refractivity contribution in [3.63, 3.8) is 0 Å². The highest BCUT2D eigenvalue weighted by atomic mass is 79.9. The van der Waals surface area contributed by atoms with Gasteiger partial charge in [-0.25, -0.2) is 4.98 Å². The maximum absolute atomic E-state index is 11.7. The third-order valence-electron chi connectivity index (χ3n) is 1.89. The second-order valence-corrected chi connectivity index (χ2v) is 5.10. The number of carbonyl (C=O) groups is 1. The van der Waals surface area contributed by atoms with Crippen molar-refractivity contribution in [2.24, 2.45) is 5.41 Å². The van der Waals surface area contributed by atoms with E-state index in [0.717, 1.165) is 0 Å². The molecular weight excluding hydrogens is 270 g/mol. The molecule has 0 unspecified atom stereocenters. The Morgan fingerprint density at radius 2 is 2.12 bits per heavy atom. The molecule has 0 aliphatic heterocycles. The van der Waals surface area contributed by atoms with Crippen molar-refractivity contribution in [1.29, 1.82) is 5.26 Å². The van der Waals surface area contributed by atoms with Crippen LogP contribution in [0.4, 0.5) is 5.69 Å². The molecule has 0 saturated carbocycles. The Balaban J connectivity index is 2.92. The van der Waals surface area contributed by atoms with Gasteiger partial charge in [0.2, 0.25) is 5.91 Å². The Bertz CT molecular complexity index is 457. The molecule has 84 valence electrons. The molecule has 5 heteroatoms. The van der Waals surface area contributed by atoms with Gasteiger partial charge in [-0.2, -0.15) is 5.26 Å². The highest BCUT2D eigenvalue weighted by molar-refractivity contribution is 9.10. The normalized spacial score (nSPS) is 10.7. The summed E-state index contributed by atoms with van der Waals surface area (Å²) in [6.07, 6.45) is 0. The summed E-state index contributed by atoms with van der Waals surface area (Å²) >= 11 is 3.21. The molecule has 4 nitrogen and oxygen atoms in total. The van der Waals surface area contributed by atoms with E-state index in [2.05, 4.69) is 26.2 Å². The molecule has 1 N–H and O–H groups in total. The smallest absolute Gasteiger partial charge is 0.229 e. The van der Waals surface area contributed by atoms with Crippen LogP contribution in [0.2, 0.25) is 0 Å². The van der Waals surface area contributed by atoms with E-state index >= 15 is 0 Å². The number of anilines is 1. The number of nitriles is 1. The molecule has 16 heavy (non-hydrogen) atoms. The van der Waals surface area contributed by atoms with Gasteiger partial charge in [-0.1, -0.05) is 20.8 Å². The lowest BCUT2D eigenvalue weighted by Gasteiger charge is -2.18. The Hall–Kier alpha value is -1.41. The number of nitrogens with zero attached hydrogens (tertiary/aromatic N) is 2. The van der Waals surface area contributed by atoms with Crippen LogP contribution in [0.15, 0.2) is 16.7 Å². The minimum Gasteiger partial charge on any atom is -0.323 e. The van der Waals surface area contributed by atoms with Crippen molar-refractivity contribution in [1.82, 2.24) is 4.98 Å². The van der Waals surface area contributed by atoms with E-state index in [1.165, 1.54) is 0 Å². The molecule has 0 atom stereocenters. The van der Waals surface area contributed by atoms with Gasteiger partial charge in [-0.3, -0.25) is 4.79 Å². The molecule has 0 bridgehead atoms. The van der Waals surface area contributed by atoms with Gasteiger partial charge in [-0.05, 0) is 28.1 Å². The summed E-state index contributed by atoms with van der Waals surface area (Å²) in [6.45, 7) is 5.48. The number of hydrogen-bond donors (Lipinski definition) is 1. The number of amides is 1. The van der Waals surface area contributed by atoms with Crippen LogP contribution < -0.4 is 5.32 Å². The first-order chi connectivity index (χ1) is 7.34. The van der Waals surface area contributed by atoms with Crippen LogP contribution in [0, 0.1) is 16.7 Å². The molecule has 0 spiro atoms. The first kappa shape index (κ1) is 12.7. The summed E-state index contributed by atoms with van der Waals surface area (Å²) in [5.74, 6) is -0.0975. The predicted octanol–water partition coefficient (Wildman–Crippen LogP) is 2.70. The van der Waals surface area contributed by atoms with Crippen LogP contribution in [0.5, 0.6) is 0 Å². The summed E-state index contributed by atoms with van der Waals surface area (Å²) in [5, 5.41) is 11.4. The molecule has 1 rings (SSSR count). The second-order valence-electron chi connectivity index (χ2n) is 4.35. The topological polar surface area (TPSA) is 65.8 Å². The number of nitrogens with one attached hydrogen (secondary N) is 1. The number of hydrogen-bond acceptors (Lipinski definition) is 3. The lowest BCUT2D eigenvalue weighted by Crippen LogP contribution is -2.27. The van der Waals surface area contributed by atoms with Gasteiger partial charge in [-0.15, -0.1) is 0 Å². The van der Waals surface area contributed by atoms with Crippen LogP contribution in [-0.2, 0) is 4.79 Å². The van der Waals surface area contributed by atoms with Crippen molar-refractivity contribution in [3.8, 4) is 6.07 Å². The lowest BCUT2D eigenvalue weighted by atomic mass is 9.95. The maximum atomic E-state index is 11.7. The van der Waals surface area contributed by atoms with Crippen LogP contribution in [0.1, 0.15) is 26.5 Å². The molecular formula is C11H12BrN3O. The molecule has 1 aromatic rings. The average molecular weight is 282 g/mol. The minimum absolute atomic E-state index is 0.0975. The van der Waals surface area contributed by atoms with E-state index in [4.69, 9.17) is 5.26 Å². The monoisotopic (exact) mass is 281 g/mol. The van der Waals surface area contributed by atoms with Gasteiger partial charge < -0.3 is 5.32 Å². The first-order valence-corrected chi connectivity index (χ1v) is 5.52. The molecule has 0 radical (unpaired) electrons. The third-order valence-corrected chi connectivity index (χ3v) is 2.50. The van der Waals surface area contributed by atoms with Crippen molar-refractivity contribution >= 4 is 27.5 Å². The van der Waals surface area contributed by atoms with Crippen molar-refractivity contribution in [3.05, 3.63) is 22.4 Å². The predicted molar refractivity (Wildman–Crippen MR) is 64.7 cm³/mol. The standard InChI is InChI=1S/C11H12BrN3O/c1-11(2,3)10(16)15-8-5-4-7(6-13)14-9(8)12/h4-5H,1-3H3,(H,15,16). The molecule has 1 amide bonds. The van der Waals surface area contributed by atoms with E-state index in [9.17, 15) is 4.79 Å². The Morgan fingerprint density at radius 1 is 1.50 bits per heavy atom. The van der Waals surface area contributed by atoms with E-state index < -0.39 is 5.41 Å². The largest absolute Gasteiger partial charge is 0.323 e. The third kappa shape index (κ3) is 3.04. The molecule has 1 heterocycles. The van der Waals surface area contributed by atoms with Gasteiger partial charge in [0.25, 0.3) is 0 Å². The molecule has 0 saturated heterocycles. The summed E-state index contributed by atoms with van der Waals surface area (Å²) in [5.41, 5.74) is 0.410. The summed E-state index contributed by atoms with van der Waals surface area (Å²) < 4.78 is 0.462. The number of pyridine rings is 1. The Labute approximate surface area is 103 Å². The van der Waals surface area contributed by atoms with Gasteiger partial charge >= 0.3 is 0 Å². The minimum atomic E-state index is -0.465. The van der Waals surface area contributed by atoms with Gasteiger partial charge in [0.15, 0.2) is 0 Å². The van der Waals surface area contributed by atoms with E-state index in [1.54, 1.807) is 12.1 Å². The molecule has 0 fully saturated rings. The Kier molecular flexibility index (Phi) is 3.66. The first-order valence-electron chi connectivity index (χ1n) is 4.72. The number of halogens is 1. The number of rotatable bonds is 1. The van der Waals surface area contributed by atoms with Crippen LogP contribution >= 0.6 is 15.9 Å². The van der Waals surface area contributed by atoms with E-state index in [-0.39, 0.29) is 5.91 Å². The summed E-state index contributed by atoms with van der Waals surface area (Å²) in [4.78, 5) is 15.7. The fourth-order valence-electron chi connectivity index (χ4n) is 0.900. The highest BCUT2D eigenvalue weighted by Gasteiger charge is 2.22. The molecule has 1 aromatic heterocycles. The van der Waals surface area contributed by atoms with Gasteiger partial charge in [0, 0.05) is 5.41 Å². The van der Waals surface area contributed by atoms with Crippen molar-refractivity contribution in [2.45, 2.75) is 20.8 Å². The molecule has 0 aromatic carbocycles. The fraction of sp³-hybridized carbons (Fsp3) is 0.364. The maximum Gasteiger partial charge on any atom is 0.229 e. The fourth-order valence-corrected chi connectivity index (χ4v) is 1.32. The van der Waals surface area contributed by atoms with Gasteiger partial charge in [0.05, 0.1) is 5.69 Å². The quantitative estimate of drug-likeness (QED) is 0.805. The summed E-state index contributed by atoms with van der Waals surface area (Å²) in [6, 6.07) is 5.14. The zero-order valence-electron chi connectivity index (χ0n) is 9.34. The van der Waals surface area contributed by atoms with Crippen LogP contribution in [0.3, 0.4) is 0 Å². The highest BCUT2D eigenvalue weighted by Crippen LogP contribution is 2.23. The average Bonchev–Trinajstić information content (AvgIpc) is 2.19. The van der Waals surface area contributed by atoms with E-state index in [1.807, 2.05) is 26.8 Å². The zero-order valence-corrected chi connectivity index (χ0v) is 10.9. The summed E-state index contributed by atoms with van der Waals surface area (Å²) in [7, 11) is 0. The van der Waals surface area contributed by atoms with Gasteiger partial charge in [0.1, 0.15) is 16.4 Å². The SMILES string of the molecule is CC(C)(C)C(=O)Nc1ccc(C#N)nc1Br. The number of aromatic nitrogens is 1. The van der Waals surface area contributed by atoms with Crippen molar-refractivity contribution in [2.75, 3.05) is 5.32 Å². The molecule has 0 aliphatic rings. The van der Waals surface area contributed by atoms with Crippen molar-refractivity contribution < 1.29 is 4.79 Å². The zero-order chi connectivity index (χ0) is 12.3.